The second-order valence-corrected chi connectivity index (χ2v) is 7.31. The summed E-state index contributed by atoms with van der Waals surface area (Å²) in [5, 5.41) is 0. The summed E-state index contributed by atoms with van der Waals surface area (Å²) in [7, 11) is 0. The van der Waals surface area contributed by atoms with Gasteiger partial charge in [0, 0.05) is 24.6 Å². The molecule has 0 spiro atoms. The molecule has 1 unspecified atom stereocenters. The third kappa shape index (κ3) is 4.84. The molecule has 23 heavy (non-hydrogen) atoms. The SMILES string of the molecule is C#CCOCC1CCCN(C(=O)c2ccc(C(C)(C)C)cc2)C1. The highest BCUT2D eigenvalue weighted by atomic mass is 16.5. The number of nitrogens with zero attached hydrogens (tertiary/aromatic N) is 1. The van der Waals surface area contributed by atoms with Crippen molar-refractivity contribution in [3.8, 4) is 12.3 Å². The summed E-state index contributed by atoms with van der Waals surface area (Å²) in [4.78, 5) is 14.6. The van der Waals surface area contributed by atoms with Crippen LogP contribution in [-0.2, 0) is 10.2 Å². The van der Waals surface area contributed by atoms with Gasteiger partial charge in [-0.15, -0.1) is 6.42 Å². The first kappa shape index (κ1) is 17.6. The van der Waals surface area contributed by atoms with Crippen LogP contribution in [0.5, 0.6) is 0 Å². The number of carbonyl (C=O) groups excluding carboxylic acids is 1. The zero-order valence-corrected chi connectivity index (χ0v) is 14.5. The lowest BCUT2D eigenvalue weighted by Crippen LogP contribution is -2.41. The Morgan fingerprint density at radius 3 is 2.65 bits per heavy atom. The Labute approximate surface area is 140 Å². The van der Waals surface area contributed by atoms with E-state index in [1.54, 1.807) is 0 Å². The fraction of sp³-hybridized carbons (Fsp3) is 0.550. The molecule has 0 aromatic heterocycles. The van der Waals surface area contributed by atoms with Crippen LogP contribution in [0.1, 0.15) is 49.5 Å². The molecule has 3 heteroatoms. The lowest BCUT2D eigenvalue weighted by molar-refractivity contribution is 0.0534. The molecular formula is C20H27NO2. The van der Waals surface area contributed by atoms with Gasteiger partial charge >= 0.3 is 0 Å². The van der Waals surface area contributed by atoms with Crippen molar-refractivity contribution in [1.29, 1.82) is 0 Å². The molecule has 0 aliphatic carbocycles. The third-order valence-electron chi connectivity index (χ3n) is 4.34. The minimum atomic E-state index is 0.103. The molecule has 1 amide bonds. The van der Waals surface area contributed by atoms with E-state index in [-0.39, 0.29) is 11.3 Å². The number of terminal acetylenes is 1. The fourth-order valence-corrected chi connectivity index (χ4v) is 2.97. The van der Waals surface area contributed by atoms with Crippen molar-refractivity contribution in [3.05, 3.63) is 35.4 Å². The van der Waals surface area contributed by atoms with Crippen LogP contribution in [-0.4, -0.2) is 37.1 Å². The Kier molecular flexibility index (Phi) is 5.85. The summed E-state index contributed by atoms with van der Waals surface area (Å²) in [6, 6.07) is 8.01. The maximum Gasteiger partial charge on any atom is 0.253 e. The molecule has 1 aliphatic rings. The topological polar surface area (TPSA) is 29.5 Å². The largest absolute Gasteiger partial charge is 0.368 e. The molecule has 0 radical (unpaired) electrons. The van der Waals surface area contributed by atoms with Crippen molar-refractivity contribution in [3.63, 3.8) is 0 Å². The zero-order chi connectivity index (χ0) is 16.9. The summed E-state index contributed by atoms with van der Waals surface area (Å²) in [6.07, 6.45) is 7.32. The van der Waals surface area contributed by atoms with Crippen LogP contribution in [0.4, 0.5) is 0 Å². The van der Waals surface area contributed by atoms with E-state index >= 15 is 0 Å². The number of rotatable bonds is 4. The van der Waals surface area contributed by atoms with E-state index < -0.39 is 0 Å². The molecule has 1 aromatic rings. The fourth-order valence-electron chi connectivity index (χ4n) is 2.97. The summed E-state index contributed by atoms with van der Waals surface area (Å²) in [5.74, 6) is 2.98. The Bertz CT molecular complexity index is 563. The molecular weight excluding hydrogens is 286 g/mol. The summed E-state index contributed by atoms with van der Waals surface area (Å²) in [5.41, 5.74) is 2.11. The van der Waals surface area contributed by atoms with Gasteiger partial charge in [-0.25, -0.2) is 0 Å². The van der Waals surface area contributed by atoms with Gasteiger partial charge in [-0.05, 0) is 36.0 Å². The first-order valence-electron chi connectivity index (χ1n) is 8.33. The number of ether oxygens (including phenoxy) is 1. The Morgan fingerprint density at radius 2 is 2.04 bits per heavy atom. The highest BCUT2D eigenvalue weighted by Gasteiger charge is 2.25. The van der Waals surface area contributed by atoms with Crippen LogP contribution in [0.25, 0.3) is 0 Å². The predicted octanol–water partition coefficient (Wildman–Crippen LogP) is 3.49. The molecule has 1 fully saturated rings. The molecule has 1 saturated heterocycles. The van der Waals surface area contributed by atoms with Crippen LogP contribution < -0.4 is 0 Å². The number of hydrogen-bond acceptors (Lipinski definition) is 2. The zero-order valence-electron chi connectivity index (χ0n) is 14.5. The monoisotopic (exact) mass is 313 g/mol. The number of hydrogen-bond donors (Lipinski definition) is 0. The van der Waals surface area contributed by atoms with Gasteiger partial charge in [0.2, 0.25) is 0 Å². The molecule has 2 rings (SSSR count). The molecule has 3 nitrogen and oxygen atoms in total. The van der Waals surface area contributed by atoms with Crippen molar-refractivity contribution < 1.29 is 9.53 Å². The average molecular weight is 313 g/mol. The van der Waals surface area contributed by atoms with Crippen molar-refractivity contribution in [2.45, 2.75) is 39.0 Å². The highest BCUT2D eigenvalue weighted by molar-refractivity contribution is 5.94. The van der Waals surface area contributed by atoms with Gasteiger partial charge < -0.3 is 9.64 Å². The minimum absolute atomic E-state index is 0.103. The van der Waals surface area contributed by atoms with Crippen molar-refractivity contribution in [2.75, 3.05) is 26.3 Å². The lowest BCUT2D eigenvalue weighted by Gasteiger charge is -2.32. The summed E-state index contributed by atoms with van der Waals surface area (Å²) in [6.45, 7) is 9.09. The van der Waals surface area contributed by atoms with Gasteiger partial charge in [-0.3, -0.25) is 4.79 Å². The number of carbonyl (C=O) groups is 1. The molecule has 1 heterocycles. The van der Waals surface area contributed by atoms with E-state index in [9.17, 15) is 4.79 Å². The average Bonchev–Trinajstić information content (AvgIpc) is 2.54. The van der Waals surface area contributed by atoms with Crippen LogP contribution >= 0.6 is 0 Å². The summed E-state index contributed by atoms with van der Waals surface area (Å²) < 4.78 is 5.44. The predicted molar refractivity (Wildman–Crippen MR) is 93.4 cm³/mol. The summed E-state index contributed by atoms with van der Waals surface area (Å²) >= 11 is 0. The van der Waals surface area contributed by atoms with Crippen molar-refractivity contribution in [1.82, 2.24) is 4.90 Å². The lowest BCUT2D eigenvalue weighted by atomic mass is 9.86. The molecule has 0 bridgehead atoms. The first-order valence-corrected chi connectivity index (χ1v) is 8.33. The molecule has 0 saturated carbocycles. The maximum atomic E-state index is 12.7. The van der Waals surface area contributed by atoms with Gasteiger partial charge in [-0.1, -0.05) is 38.8 Å². The second-order valence-electron chi connectivity index (χ2n) is 7.31. The molecule has 1 atom stereocenters. The Balaban J connectivity index is 1.98. The van der Waals surface area contributed by atoms with Gasteiger partial charge in [0.05, 0.1) is 6.61 Å². The van der Waals surface area contributed by atoms with E-state index in [1.807, 2.05) is 17.0 Å². The van der Waals surface area contributed by atoms with E-state index in [4.69, 9.17) is 11.2 Å². The minimum Gasteiger partial charge on any atom is -0.368 e. The van der Waals surface area contributed by atoms with E-state index in [2.05, 4.69) is 38.8 Å². The van der Waals surface area contributed by atoms with Crippen LogP contribution in [0.3, 0.4) is 0 Å². The normalized spacial score (nSPS) is 18.5. The Hall–Kier alpha value is -1.79. The molecule has 0 N–H and O–H groups in total. The molecule has 124 valence electrons. The van der Waals surface area contributed by atoms with Crippen LogP contribution in [0.15, 0.2) is 24.3 Å². The quantitative estimate of drug-likeness (QED) is 0.629. The van der Waals surface area contributed by atoms with E-state index in [0.29, 0.717) is 19.1 Å². The van der Waals surface area contributed by atoms with Gasteiger partial charge in [0.25, 0.3) is 5.91 Å². The standard InChI is InChI=1S/C20H27NO2/c1-5-13-23-15-16-7-6-12-21(14-16)19(22)17-8-10-18(11-9-17)20(2,3)4/h1,8-11,16H,6-7,12-15H2,2-4H3. The van der Waals surface area contributed by atoms with Crippen molar-refractivity contribution >= 4 is 5.91 Å². The van der Waals surface area contributed by atoms with E-state index in [0.717, 1.165) is 31.5 Å². The van der Waals surface area contributed by atoms with Crippen LogP contribution in [0.2, 0.25) is 0 Å². The number of piperidine rings is 1. The van der Waals surface area contributed by atoms with Gasteiger partial charge in [0.1, 0.15) is 6.61 Å². The molecule has 1 aromatic carbocycles. The highest BCUT2D eigenvalue weighted by Crippen LogP contribution is 2.23. The smallest absolute Gasteiger partial charge is 0.253 e. The maximum absolute atomic E-state index is 12.7. The second kappa shape index (κ2) is 7.66. The third-order valence-corrected chi connectivity index (χ3v) is 4.34. The van der Waals surface area contributed by atoms with Gasteiger partial charge in [-0.2, -0.15) is 0 Å². The molecule has 1 aliphatic heterocycles. The van der Waals surface area contributed by atoms with Crippen LogP contribution in [0, 0.1) is 18.3 Å². The van der Waals surface area contributed by atoms with Gasteiger partial charge in [0.15, 0.2) is 0 Å². The Morgan fingerprint density at radius 1 is 1.35 bits per heavy atom. The number of benzene rings is 1. The van der Waals surface area contributed by atoms with Crippen molar-refractivity contribution in [2.24, 2.45) is 5.92 Å². The number of amides is 1. The number of likely N-dealkylation sites (tertiary alicyclic amines) is 1. The van der Waals surface area contributed by atoms with E-state index in [1.165, 1.54) is 5.56 Å². The first-order chi connectivity index (χ1) is 10.9.